The molecule has 0 aliphatic carbocycles. The van der Waals surface area contributed by atoms with Crippen molar-refractivity contribution in [1.82, 2.24) is 19.1 Å². The molecule has 2 fully saturated rings. The van der Waals surface area contributed by atoms with Gasteiger partial charge in [0.05, 0.1) is 59.1 Å². The first-order valence-corrected chi connectivity index (χ1v) is 29.6. The number of Topliss-reactive ketones (excluding diaryl/α,β-unsaturated/α-hetero) is 1. The third-order valence-corrected chi connectivity index (χ3v) is 16.3. The van der Waals surface area contributed by atoms with Gasteiger partial charge in [0.25, 0.3) is 11.8 Å². The van der Waals surface area contributed by atoms with Crippen LogP contribution in [0.2, 0.25) is 0 Å². The summed E-state index contributed by atoms with van der Waals surface area (Å²) in [4.78, 5) is 87.0. The van der Waals surface area contributed by atoms with E-state index < -0.39 is 85.0 Å². The van der Waals surface area contributed by atoms with Gasteiger partial charge in [0.1, 0.15) is 65.3 Å². The van der Waals surface area contributed by atoms with Gasteiger partial charge in [-0.15, -0.1) is 0 Å². The molecule has 7 aromatic rings. The highest BCUT2D eigenvalue weighted by atomic mass is 32.5. The molecule has 85 heavy (non-hydrogen) atoms. The Bertz CT molecular complexity index is 3620. The van der Waals surface area contributed by atoms with Gasteiger partial charge in [0.15, 0.2) is 0 Å². The standard InChI is InChI=1S/C61H60N7O15PS/c1-40(69)20-29-56(70)82-48-36-54(67-33-30-52(65-59(67)73)63-57(71)41-14-7-4-8-15-41)81-51(48)39-79-84(85,78-35-13-32-62)83-49-37-55(68-34-31-53(66-60(68)74)64-58(72)42-16-9-5-10-17-42)80-50(49)38-77-61(43-18-11-6-12-19-43,44-21-25-46(75-2)26-22-44)45-23-27-47(76-3)28-24-45/h4-12,14-19,21-28,30-31,33-34,48-51,54-55H,13,20,29,35-39H2,1-3H3,(H,63,65,71,73)(H,64,66,72,74)/t48-,49-,50+,51+,54+,55+,84?/m0/s1. The maximum Gasteiger partial charge on any atom is 0.351 e. The summed E-state index contributed by atoms with van der Waals surface area (Å²) in [6.07, 6.45) is -4.37. The lowest BCUT2D eigenvalue weighted by atomic mass is 9.80. The summed E-state index contributed by atoms with van der Waals surface area (Å²) in [5, 5.41) is 14.9. The number of ether oxygens (including phenoxy) is 6. The van der Waals surface area contributed by atoms with E-state index in [4.69, 9.17) is 53.8 Å². The Kier molecular flexibility index (Phi) is 20.3. The summed E-state index contributed by atoms with van der Waals surface area (Å²) < 4.78 is 59.3. The van der Waals surface area contributed by atoms with E-state index in [1.807, 2.05) is 84.9 Å². The van der Waals surface area contributed by atoms with Crippen LogP contribution >= 0.6 is 6.72 Å². The summed E-state index contributed by atoms with van der Waals surface area (Å²) in [6, 6.07) is 46.1. The second kappa shape index (κ2) is 28.3. The number of hydrogen-bond acceptors (Lipinski definition) is 19. The number of anilines is 2. The monoisotopic (exact) mass is 1190 g/mol. The first-order chi connectivity index (χ1) is 41.2. The van der Waals surface area contributed by atoms with Crippen molar-refractivity contribution in [2.45, 2.75) is 81.5 Å². The Balaban J connectivity index is 1.03. The minimum atomic E-state index is -4.08. The van der Waals surface area contributed by atoms with E-state index >= 15 is 0 Å². The number of amides is 2. The molecular weight excluding hydrogens is 1130 g/mol. The predicted molar refractivity (Wildman–Crippen MR) is 312 cm³/mol. The number of esters is 1. The highest BCUT2D eigenvalue weighted by Gasteiger charge is 2.47. The molecule has 440 valence electrons. The molecule has 5 aromatic carbocycles. The Hall–Kier alpha value is -8.56. The largest absolute Gasteiger partial charge is 0.497 e. The number of nitriles is 1. The zero-order valence-electron chi connectivity index (χ0n) is 46.4. The lowest BCUT2D eigenvalue weighted by Gasteiger charge is -2.37. The second-order valence-corrected chi connectivity index (χ2v) is 22.5. The van der Waals surface area contributed by atoms with Gasteiger partial charge >= 0.3 is 24.1 Å². The molecule has 4 heterocycles. The third kappa shape index (κ3) is 15.2. The fourth-order valence-corrected chi connectivity index (χ4v) is 11.8. The van der Waals surface area contributed by atoms with Crippen molar-refractivity contribution in [3.8, 4) is 17.6 Å². The van der Waals surface area contributed by atoms with Gasteiger partial charge in [-0.2, -0.15) is 15.2 Å². The van der Waals surface area contributed by atoms with Gasteiger partial charge in [-0.05, 0) is 96.1 Å². The van der Waals surface area contributed by atoms with Gasteiger partial charge < -0.3 is 57.4 Å². The molecule has 2 aliphatic heterocycles. The number of nitrogens with zero attached hydrogens (tertiary/aromatic N) is 5. The minimum Gasteiger partial charge on any atom is -0.497 e. The van der Waals surface area contributed by atoms with Crippen LogP contribution in [-0.2, 0) is 59.5 Å². The highest BCUT2D eigenvalue weighted by molar-refractivity contribution is 8.07. The van der Waals surface area contributed by atoms with Crippen LogP contribution in [0, 0.1) is 11.3 Å². The molecule has 24 heteroatoms. The van der Waals surface area contributed by atoms with E-state index in [2.05, 4.69) is 20.6 Å². The van der Waals surface area contributed by atoms with E-state index in [-0.39, 0.29) is 62.7 Å². The van der Waals surface area contributed by atoms with Crippen molar-refractivity contribution in [2.75, 3.05) is 44.7 Å². The van der Waals surface area contributed by atoms with Gasteiger partial charge in [0, 0.05) is 42.8 Å². The molecule has 2 saturated heterocycles. The molecule has 1 unspecified atom stereocenters. The lowest BCUT2D eigenvalue weighted by molar-refractivity contribution is -0.153. The zero-order valence-corrected chi connectivity index (χ0v) is 48.1. The van der Waals surface area contributed by atoms with E-state index in [0.717, 1.165) is 5.56 Å². The highest BCUT2D eigenvalue weighted by Crippen LogP contribution is 2.55. The van der Waals surface area contributed by atoms with Crippen LogP contribution in [0.15, 0.2) is 174 Å². The zero-order chi connectivity index (χ0) is 59.9. The molecule has 2 aliphatic rings. The molecule has 0 bridgehead atoms. The van der Waals surface area contributed by atoms with Crippen molar-refractivity contribution < 1.29 is 61.2 Å². The van der Waals surface area contributed by atoms with Gasteiger partial charge in [-0.1, -0.05) is 91.0 Å². The van der Waals surface area contributed by atoms with Crippen molar-refractivity contribution in [2.24, 2.45) is 0 Å². The van der Waals surface area contributed by atoms with Crippen molar-refractivity contribution in [3.05, 3.63) is 213 Å². The Morgan fingerprint density at radius 3 is 1.59 bits per heavy atom. The summed E-state index contributed by atoms with van der Waals surface area (Å²) in [5.74, 6) is -0.745. The number of nitrogens with one attached hydrogen (secondary N) is 2. The lowest BCUT2D eigenvalue weighted by Crippen LogP contribution is -2.38. The average Bonchev–Trinajstić information content (AvgIpc) is 1.68. The number of carbonyl (C=O) groups excluding carboxylic acids is 4. The van der Waals surface area contributed by atoms with Crippen molar-refractivity contribution in [3.63, 3.8) is 0 Å². The molecule has 2 aromatic heterocycles. The summed E-state index contributed by atoms with van der Waals surface area (Å²) in [5.41, 5.74) is -0.0920. The summed E-state index contributed by atoms with van der Waals surface area (Å²) >= 11 is 6.17. The summed E-state index contributed by atoms with van der Waals surface area (Å²) in [7, 11) is 3.14. The summed E-state index contributed by atoms with van der Waals surface area (Å²) in [6.45, 7) is -3.67. The fourth-order valence-electron chi connectivity index (χ4n) is 9.66. The Morgan fingerprint density at radius 2 is 1.12 bits per heavy atom. The molecule has 2 N–H and O–H groups in total. The normalized spacial score (nSPS) is 19.0. The molecule has 0 radical (unpaired) electrons. The van der Waals surface area contributed by atoms with Crippen LogP contribution in [0.25, 0.3) is 0 Å². The molecule has 7 atom stereocenters. The number of aromatic nitrogens is 4. The molecular formula is C61H60N7O15PS. The topological polar surface area (TPSA) is 269 Å². The molecule has 0 saturated carbocycles. The first kappa shape index (κ1) is 61.0. The smallest absolute Gasteiger partial charge is 0.351 e. The van der Waals surface area contributed by atoms with E-state index in [0.29, 0.717) is 33.8 Å². The quantitative estimate of drug-likeness (QED) is 0.0223. The van der Waals surface area contributed by atoms with Gasteiger partial charge in [0.2, 0.25) is 0 Å². The number of ketones is 1. The predicted octanol–water partition coefficient (Wildman–Crippen LogP) is 8.44. The first-order valence-electron chi connectivity index (χ1n) is 27.0. The number of methoxy groups -OCH3 is 2. The second-order valence-electron chi connectivity index (χ2n) is 19.5. The van der Waals surface area contributed by atoms with Crippen LogP contribution < -0.4 is 31.5 Å². The molecule has 0 spiro atoms. The molecule has 2 amide bonds. The Labute approximate surface area is 493 Å². The van der Waals surface area contributed by atoms with Gasteiger partial charge in [-0.25, -0.2) is 9.59 Å². The van der Waals surface area contributed by atoms with Crippen LogP contribution in [-0.4, -0.2) is 101 Å². The van der Waals surface area contributed by atoms with Crippen LogP contribution in [0.3, 0.4) is 0 Å². The van der Waals surface area contributed by atoms with Crippen LogP contribution in [0.5, 0.6) is 11.5 Å². The van der Waals surface area contributed by atoms with E-state index in [1.54, 1.807) is 74.9 Å². The fraction of sp³-hybridized carbons (Fsp3) is 0.295. The molecule has 9 rings (SSSR count). The van der Waals surface area contributed by atoms with E-state index in [1.165, 1.54) is 40.6 Å². The van der Waals surface area contributed by atoms with Crippen molar-refractivity contribution in [1.29, 1.82) is 5.26 Å². The number of benzene rings is 5. The number of carbonyl (C=O) groups is 4. The number of hydrogen-bond donors (Lipinski definition) is 2. The van der Waals surface area contributed by atoms with E-state index in [9.17, 15) is 34.0 Å². The number of rotatable bonds is 26. The molecule has 22 nitrogen and oxygen atoms in total. The minimum absolute atomic E-state index is 0.00750. The van der Waals surface area contributed by atoms with Crippen LogP contribution in [0.1, 0.15) is 88.9 Å². The van der Waals surface area contributed by atoms with Crippen LogP contribution in [0.4, 0.5) is 11.6 Å². The van der Waals surface area contributed by atoms with Gasteiger partial charge in [-0.3, -0.25) is 23.5 Å². The maximum atomic E-state index is 14.0. The average molecular weight is 1190 g/mol. The Morgan fingerprint density at radius 1 is 0.647 bits per heavy atom. The van der Waals surface area contributed by atoms with Crippen molar-refractivity contribution >= 4 is 53.7 Å². The third-order valence-electron chi connectivity index (χ3n) is 13.9. The maximum absolute atomic E-state index is 14.0. The SMILES string of the molecule is COc1ccc(C(OC[C@H]2O[C@@H](n3ccc(NC(=O)c4ccccc4)nc3=O)C[C@@H]2OP(=S)(OCCC#N)OC[C@H]2O[C@@H](n3ccc(NC(=O)c4ccccc4)nc3=O)C[C@@H]2OC(=O)CCC(C)=O)(c2ccccc2)c2ccc(OC)cc2)cc1.